The van der Waals surface area contributed by atoms with E-state index in [0.29, 0.717) is 4.43 Å². The van der Waals surface area contributed by atoms with Crippen molar-refractivity contribution < 1.29 is 13.2 Å². The molecule has 0 aliphatic rings. The highest BCUT2D eigenvalue weighted by atomic mass is 127. The second kappa shape index (κ2) is 8.85. The summed E-state index contributed by atoms with van der Waals surface area (Å²) in [6, 6.07) is 15.6. The molecule has 0 bridgehead atoms. The van der Waals surface area contributed by atoms with Crippen LogP contribution in [0.1, 0.15) is 23.1 Å². The lowest BCUT2D eigenvalue weighted by Crippen LogP contribution is -2.45. The molecule has 0 N–H and O–H groups in total. The Morgan fingerprint density at radius 3 is 1.96 bits per heavy atom. The molecule has 0 fully saturated rings. The fourth-order valence-corrected chi connectivity index (χ4v) is 3.27. The second-order valence-electron chi connectivity index (χ2n) is 5.91. The number of halogens is 4. The molecule has 0 saturated carbocycles. The molecule has 1 nitrogen and oxygen atoms in total. The Bertz CT molecular complexity index is 611. The van der Waals surface area contributed by atoms with Crippen molar-refractivity contribution in [3.05, 3.63) is 71.3 Å². The van der Waals surface area contributed by atoms with Gasteiger partial charge in [-0.25, -0.2) is 0 Å². The molecule has 0 heterocycles. The Morgan fingerprint density at radius 2 is 1.46 bits per heavy atom. The number of hydrogen-bond acceptors (Lipinski definition) is 1. The molecule has 1 unspecified atom stereocenters. The van der Waals surface area contributed by atoms with E-state index in [1.807, 2.05) is 84.1 Å². The van der Waals surface area contributed by atoms with Crippen molar-refractivity contribution >= 4 is 22.6 Å². The molecule has 5 heteroatoms. The van der Waals surface area contributed by atoms with Crippen LogP contribution in [-0.4, -0.2) is 21.5 Å². The first-order valence-corrected chi connectivity index (χ1v) is 9.39. The molecule has 2 rings (SSSR count). The van der Waals surface area contributed by atoms with Crippen LogP contribution in [0, 0.1) is 6.92 Å². The molecule has 0 radical (unpaired) electrons. The van der Waals surface area contributed by atoms with Gasteiger partial charge in [0.2, 0.25) is 0 Å². The summed E-state index contributed by atoms with van der Waals surface area (Å²) in [5.74, 6) is 0. The molecule has 0 aliphatic carbocycles. The number of hydrogen-bond donors (Lipinski definition) is 0. The SMILES string of the molecule is Cc1ccc(CN(Cc2ccccc2)C(CCI)C(F)(F)F)cc1. The smallest absolute Gasteiger partial charge is 0.284 e. The molecule has 0 spiro atoms. The van der Waals surface area contributed by atoms with E-state index in [2.05, 4.69) is 0 Å². The predicted molar refractivity (Wildman–Crippen MR) is 100 cm³/mol. The summed E-state index contributed by atoms with van der Waals surface area (Å²) in [5, 5.41) is 0. The molecule has 2 aromatic rings. The third-order valence-electron chi connectivity index (χ3n) is 3.94. The van der Waals surface area contributed by atoms with Gasteiger partial charge in [-0.15, -0.1) is 0 Å². The molecule has 24 heavy (non-hydrogen) atoms. The quantitative estimate of drug-likeness (QED) is 0.386. The molecule has 130 valence electrons. The summed E-state index contributed by atoms with van der Waals surface area (Å²) in [5.41, 5.74) is 2.90. The Morgan fingerprint density at radius 1 is 0.917 bits per heavy atom. The number of alkyl halides is 4. The lowest BCUT2D eigenvalue weighted by Gasteiger charge is -2.33. The standard InChI is InChI=1S/C19H21F3IN/c1-15-7-9-17(10-8-15)14-24(13-16-5-3-2-4-6-16)18(11-12-23)19(20,21)22/h2-10,18H,11-14H2,1H3. The van der Waals surface area contributed by atoms with Crippen molar-refractivity contribution in [2.24, 2.45) is 0 Å². The Labute approximate surface area is 155 Å². The molecule has 0 aromatic heterocycles. The van der Waals surface area contributed by atoms with Crippen LogP contribution in [0.15, 0.2) is 54.6 Å². The summed E-state index contributed by atoms with van der Waals surface area (Å²) >= 11 is 2.02. The van der Waals surface area contributed by atoms with Crippen LogP contribution in [0.2, 0.25) is 0 Å². The van der Waals surface area contributed by atoms with Gasteiger partial charge in [0.05, 0.1) is 0 Å². The van der Waals surface area contributed by atoms with E-state index in [4.69, 9.17) is 0 Å². The van der Waals surface area contributed by atoms with E-state index >= 15 is 0 Å². The van der Waals surface area contributed by atoms with Crippen LogP contribution in [0.25, 0.3) is 0 Å². The van der Waals surface area contributed by atoms with Crippen molar-refractivity contribution in [3.63, 3.8) is 0 Å². The maximum Gasteiger partial charge on any atom is 0.404 e. The van der Waals surface area contributed by atoms with E-state index in [1.54, 1.807) is 4.90 Å². The van der Waals surface area contributed by atoms with Gasteiger partial charge >= 0.3 is 6.18 Å². The Hall–Kier alpha value is -1.08. The van der Waals surface area contributed by atoms with Crippen molar-refractivity contribution in [1.29, 1.82) is 0 Å². The molecular weight excluding hydrogens is 426 g/mol. The minimum atomic E-state index is -4.23. The average molecular weight is 447 g/mol. The molecule has 0 aliphatic heterocycles. The first-order valence-electron chi connectivity index (χ1n) is 7.86. The van der Waals surface area contributed by atoms with E-state index in [9.17, 15) is 13.2 Å². The van der Waals surface area contributed by atoms with E-state index in [1.165, 1.54) is 0 Å². The highest BCUT2D eigenvalue weighted by Gasteiger charge is 2.42. The van der Waals surface area contributed by atoms with Crippen LogP contribution in [0.4, 0.5) is 13.2 Å². The zero-order valence-corrected chi connectivity index (χ0v) is 15.7. The fraction of sp³-hybridized carbons (Fsp3) is 0.368. The minimum absolute atomic E-state index is 0.1000. The molecule has 0 amide bonds. The van der Waals surface area contributed by atoms with Gasteiger partial charge < -0.3 is 0 Å². The predicted octanol–water partition coefficient (Wildman–Crippen LogP) is 5.75. The molecular formula is C19H21F3IN. The van der Waals surface area contributed by atoms with E-state index < -0.39 is 12.2 Å². The lowest BCUT2D eigenvalue weighted by molar-refractivity contribution is -0.187. The van der Waals surface area contributed by atoms with Crippen molar-refractivity contribution in [3.8, 4) is 0 Å². The fourth-order valence-electron chi connectivity index (χ4n) is 2.68. The summed E-state index contributed by atoms with van der Waals surface area (Å²) in [6.45, 7) is 2.55. The second-order valence-corrected chi connectivity index (χ2v) is 6.99. The van der Waals surface area contributed by atoms with Gasteiger partial charge in [0, 0.05) is 17.5 Å². The third kappa shape index (κ3) is 5.77. The van der Waals surface area contributed by atoms with Crippen molar-refractivity contribution in [2.45, 2.75) is 38.7 Å². The van der Waals surface area contributed by atoms with Gasteiger partial charge in [-0.05, 0) is 24.5 Å². The highest BCUT2D eigenvalue weighted by Crippen LogP contribution is 2.30. The van der Waals surface area contributed by atoms with Crippen LogP contribution in [-0.2, 0) is 13.1 Å². The van der Waals surface area contributed by atoms with Gasteiger partial charge in [-0.2, -0.15) is 13.2 Å². The number of rotatable bonds is 7. The first-order chi connectivity index (χ1) is 11.4. The van der Waals surface area contributed by atoms with Crippen LogP contribution in [0.5, 0.6) is 0 Å². The number of nitrogens with zero attached hydrogens (tertiary/aromatic N) is 1. The summed E-state index contributed by atoms with van der Waals surface area (Å²) in [4.78, 5) is 1.54. The van der Waals surface area contributed by atoms with Crippen LogP contribution in [0.3, 0.4) is 0 Å². The largest absolute Gasteiger partial charge is 0.404 e. The maximum atomic E-state index is 13.6. The average Bonchev–Trinajstić information content (AvgIpc) is 2.54. The lowest BCUT2D eigenvalue weighted by atomic mass is 10.1. The highest BCUT2D eigenvalue weighted by molar-refractivity contribution is 14.1. The first kappa shape index (κ1) is 19.2. The van der Waals surface area contributed by atoms with Gasteiger partial charge in [0.15, 0.2) is 0 Å². The topological polar surface area (TPSA) is 3.24 Å². The molecule has 0 saturated heterocycles. The van der Waals surface area contributed by atoms with E-state index in [-0.39, 0.29) is 19.5 Å². The Kier molecular flexibility index (Phi) is 7.10. The molecule has 1 atom stereocenters. The van der Waals surface area contributed by atoms with Gasteiger partial charge in [0.1, 0.15) is 6.04 Å². The van der Waals surface area contributed by atoms with Crippen LogP contribution >= 0.6 is 22.6 Å². The van der Waals surface area contributed by atoms with Gasteiger partial charge in [-0.3, -0.25) is 4.90 Å². The summed E-state index contributed by atoms with van der Waals surface area (Å²) in [7, 11) is 0. The zero-order chi connectivity index (χ0) is 17.6. The third-order valence-corrected chi connectivity index (χ3v) is 4.56. The molecule has 2 aromatic carbocycles. The Balaban J connectivity index is 2.26. The monoisotopic (exact) mass is 447 g/mol. The zero-order valence-electron chi connectivity index (χ0n) is 13.6. The van der Waals surface area contributed by atoms with E-state index in [0.717, 1.165) is 16.7 Å². The van der Waals surface area contributed by atoms with Crippen LogP contribution < -0.4 is 0 Å². The normalized spacial score (nSPS) is 13.2. The van der Waals surface area contributed by atoms with Gasteiger partial charge in [-0.1, -0.05) is 82.8 Å². The summed E-state index contributed by atoms with van der Waals surface area (Å²) in [6.07, 6.45) is -4.13. The summed E-state index contributed by atoms with van der Waals surface area (Å²) < 4.78 is 41.2. The van der Waals surface area contributed by atoms with Crippen molar-refractivity contribution in [2.75, 3.05) is 4.43 Å². The minimum Gasteiger partial charge on any atom is -0.284 e. The maximum absolute atomic E-state index is 13.6. The number of aryl methyl sites for hydroxylation is 1. The number of benzene rings is 2. The van der Waals surface area contributed by atoms with Crippen molar-refractivity contribution in [1.82, 2.24) is 4.90 Å². The van der Waals surface area contributed by atoms with Gasteiger partial charge in [0.25, 0.3) is 0 Å².